The van der Waals surface area contributed by atoms with Crippen molar-refractivity contribution in [2.24, 2.45) is 0 Å². The molecule has 2 aromatic rings. The van der Waals surface area contributed by atoms with Gasteiger partial charge in [-0.25, -0.2) is 8.78 Å². The normalized spacial score (nSPS) is 22.7. The van der Waals surface area contributed by atoms with Gasteiger partial charge in [0.25, 0.3) is 5.91 Å². The Hall–Kier alpha value is -2.19. The van der Waals surface area contributed by atoms with Gasteiger partial charge in [-0.05, 0) is 55.2 Å². The third kappa shape index (κ3) is 5.98. The molecule has 0 aromatic heterocycles. The third-order valence-corrected chi connectivity index (χ3v) is 6.01. The van der Waals surface area contributed by atoms with Crippen LogP contribution < -0.4 is 10.6 Å². The van der Waals surface area contributed by atoms with Gasteiger partial charge in [-0.2, -0.15) is 13.2 Å². The van der Waals surface area contributed by atoms with Gasteiger partial charge >= 0.3 is 6.18 Å². The van der Waals surface area contributed by atoms with Crippen LogP contribution in [0, 0.1) is 0 Å². The highest BCUT2D eigenvalue weighted by Crippen LogP contribution is 2.43. The van der Waals surface area contributed by atoms with Crippen molar-refractivity contribution in [1.82, 2.24) is 5.32 Å². The Morgan fingerprint density at radius 3 is 2.28 bits per heavy atom. The fourth-order valence-corrected chi connectivity index (χ4v) is 4.11. The van der Waals surface area contributed by atoms with E-state index in [1.54, 1.807) is 12.1 Å². The molecule has 1 amide bonds. The molecule has 4 rings (SSSR count). The number of alkyl halides is 5. The third-order valence-electron chi connectivity index (χ3n) is 6.01. The van der Waals surface area contributed by atoms with Crippen molar-refractivity contribution < 1.29 is 26.7 Å². The van der Waals surface area contributed by atoms with Crippen LogP contribution in [0.3, 0.4) is 0 Å². The SMILES string of the molecule is Cl.O=C(Nc1ccc(C2CC2NC2CCC(F)(F)CC2)cc1)c1cccc(C(F)(F)F)c1. The van der Waals surface area contributed by atoms with E-state index in [0.717, 1.165) is 24.1 Å². The molecule has 32 heavy (non-hydrogen) atoms. The fraction of sp³-hybridized carbons (Fsp3) is 0.435. The summed E-state index contributed by atoms with van der Waals surface area (Å²) in [6, 6.07) is 11.9. The van der Waals surface area contributed by atoms with Gasteiger partial charge in [-0.15, -0.1) is 12.4 Å². The minimum atomic E-state index is -4.51. The molecule has 2 aliphatic carbocycles. The Morgan fingerprint density at radius 2 is 1.66 bits per heavy atom. The van der Waals surface area contributed by atoms with Crippen molar-refractivity contribution in [3.63, 3.8) is 0 Å². The second kappa shape index (κ2) is 9.35. The Labute approximate surface area is 189 Å². The molecule has 9 heteroatoms. The van der Waals surface area contributed by atoms with Crippen molar-refractivity contribution in [2.75, 3.05) is 5.32 Å². The van der Waals surface area contributed by atoms with Crippen LogP contribution in [0.25, 0.3) is 0 Å². The van der Waals surface area contributed by atoms with Gasteiger partial charge in [0.05, 0.1) is 5.56 Å². The number of carbonyl (C=O) groups excluding carboxylic acids is 1. The number of amides is 1. The van der Waals surface area contributed by atoms with Gasteiger partial charge in [0.15, 0.2) is 0 Å². The molecule has 0 heterocycles. The summed E-state index contributed by atoms with van der Waals surface area (Å²) in [5, 5.41) is 6.08. The van der Waals surface area contributed by atoms with E-state index in [-0.39, 0.29) is 42.9 Å². The van der Waals surface area contributed by atoms with E-state index >= 15 is 0 Å². The zero-order chi connectivity index (χ0) is 22.2. The number of halogens is 6. The monoisotopic (exact) mass is 474 g/mol. The lowest BCUT2D eigenvalue weighted by Crippen LogP contribution is -2.38. The number of anilines is 1. The van der Waals surface area contributed by atoms with Gasteiger partial charge in [0, 0.05) is 42.1 Å². The molecular weight excluding hydrogens is 451 g/mol. The highest BCUT2D eigenvalue weighted by atomic mass is 35.5. The second-order valence-electron chi connectivity index (χ2n) is 8.40. The predicted octanol–water partition coefficient (Wildman–Crippen LogP) is 6.40. The Bertz CT molecular complexity index is 938. The molecule has 3 nitrogen and oxygen atoms in total. The fourth-order valence-electron chi connectivity index (χ4n) is 4.11. The Morgan fingerprint density at radius 1 is 1.00 bits per heavy atom. The summed E-state index contributed by atoms with van der Waals surface area (Å²) < 4.78 is 65.0. The number of rotatable bonds is 5. The highest BCUT2D eigenvalue weighted by molar-refractivity contribution is 6.04. The standard InChI is InChI=1S/C23H23F5N2O.ClH/c24-22(25)10-8-18(9-11-22)29-20-13-19(20)14-4-6-17(7-5-14)30-21(31)15-2-1-3-16(12-15)23(26,27)28;/h1-7,12,18-20,29H,8-11,13H2,(H,30,31);1H. The van der Waals surface area contributed by atoms with Gasteiger partial charge in [-0.3, -0.25) is 4.79 Å². The molecule has 2 aliphatic rings. The first-order valence-electron chi connectivity index (χ1n) is 10.3. The van der Waals surface area contributed by atoms with E-state index in [2.05, 4.69) is 10.6 Å². The average Bonchev–Trinajstić information content (AvgIpc) is 3.49. The maximum Gasteiger partial charge on any atom is 0.416 e. The lowest BCUT2D eigenvalue weighted by atomic mass is 9.92. The molecule has 2 fully saturated rings. The summed E-state index contributed by atoms with van der Waals surface area (Å²) in [7, 11) is 0. The van der Waals surface area contributed by atoms with E-state index in [9.17, 15) is 26.7 Å². The van der Waals surface area contributed by atoms with Crippen molar-refractivity contribution in [3.8, 4) is 0 Å². The topological polar surface area (TPSA) is 41.1 Å². The summed E-state index contributed by atoms with van der Waals surface area (Å²) in [6.07, 6.45) is -2.74. The van der Waals surface area contributed by atoms with Crippen LogP contribution in [0.1, 0.15) is 59.5 Å². The van der Waals surface area contributed by atoms with Crippen LogP contribution in [-0.2, 0) is 6.18 Å². The zero-order valence-electron chi connectivity index (χ0n) is 17.1. The van der Waals surface area contributed by atoms with Crippen molar-refractivity contribution >= 4 is 24.0 Å². The largest absolute Gasteiger partial charge is 0.416 e. The van der Waals surface area contributed by atoms with E-state index in [0.29, 0.717) is 24.4 Å². The smallest absolute Gasteiger partial charge is 0.322 e. The second-order valence-corrected chi connectivity index (χ2v) is 8.40. The molecule has 2 unspecified atom stereocenters. The van der Waals surface area contributed by atoms with E-state index in [1.165, 1.54) is 12.1 Å². The lowest BCUT2D eigenvalue weighted by Gasteiger charge is -2.29. The molecule has 0 aliphatic heterocycles. The molecule has 2 N–H and O–H groups in total. The van der Waals surface area contributed by atoms with Crippen molar-refractivity contribution in [3.05, 3.63) is 65.2 Å². The first kappa shape index (κ1) is 24.5. The first-order valence-corrected chi connectivity index (χ1v) is 10.3. The summed E-state index contributed by atoms with van der Waals surface area (Å²) in [5.74, 6) is -2.84. The van der Waals surface area contributed by atoms with Crippen LogP contribution in [-0.4, -0.2) is 23.9 Å². The predicted molar refractivity (Wildman–Crippen MR) is 115 cm³/mol. The van der Waals surface area contributed by atoms with Crippen LogP contribution in [0.2, 0.25) is 0 Å². The van der Waals surface area contributed by atoms with Crippen LogP contribution in [0.4, 0.5) is 27.6 Å². The van der Waals surface area contributed by atoms with Gasteiger partial charge in [-0.1, -0.05) is 18.2 Å². The lowest BCUT2D eigenvalue weighted by molar-refractivity contribution is -0.137. The van der Waals surface area contributed by atoms with Crippen LogP contribution in [0.15, 0.2) is 48.5 Å². The molecule has 0 spiro atoms. The van der Waals surface area contributed by atoms with Crippen molar-refractivity contribution in [1.29, 1.82) is 0 Å². The summed E-state index contributed by atoms with van der Waals surface area (Å²) in [6.45, 7) is 0. The molecule has 0 bridgehead atoms. The van der Waals surface area contributed by atoms with E-state index in [4.69, 9.17) is 0 Å². The average molecular weight is 475 g/mol. The number of hydrogen-bond acceptors (Lipinski definition) is 2. The highest BCUT2D eigenvalue weighted by Gasteiger charge is 2.42. The van der Waals surface area contributed by atoms with Crippen LogP contribution in [0.5, 0.6) is 0 Å². The molecule has 2 aromatic carbocycles. The van der Waals surface area contributed by atoms with Crippen LogP contribution >= 0.6 is 12.4 Å². The molecule has 2 atom stereocenters. The number of nitrogens with one attached hydrogen (secondary N) is 2. The van der Waals surface area contributed by atoms with Gasteiger partial charge < -0.3 is 10.6 Å². The zero-order valence-corrected chi connectivity index (χ0v) is 17.9. The Kier molecular flexibility index (Phi) is 7.15. The van der Waals surface area contributed by atoms with E-state index in [1.807, 2.05) is 12.1 Å². The minimum Gasteiger partial charge on any atom is -0.322 e. The van der Waals surface area contributed by atoms with Crippen molar-refractivity contribution in [2.45, 2.75) is 62.2 Å². The minimum absolute atomic E-state index is 0. The molecule has 174 valence electrons. The maximum atomic E-state index is 13.3. The van der Waals surface area contributed by atoms with E-state index < -0.39 is 23.6 Å². The number of carbonyl (C=O) groups is 1. The maximum absolute atomic E-state index is 13.3. The number of hydrogen-bond donors (Lipinski definition) is 2. The first-order chi connectivity index (χ1) is 14.6. The van der Waals surface area contributed by atoms with Gasteiger partial charge in [0.2, 0.25) is 5.92 Å². The molecule has 0 saturated heterocycles. The molecule has 0 radical (unpaired) electrons. The number of benzene rings is 2. The summed E-state index contributed by atoms with van der Waals surface area (Å²) in [4.78, 5) is 12.3. The molecule has 2 saturated carbocycles. The Balaban J connectivity index is 0.00000289. The quantitative estimate of drug-likeness (QED) is 0.492. The summed E-state index contributed by atoms with van der Waals surface area (Å²) >= 11 is 0. The summed E-state index contributed by atoms with van der Waals surface area (Å²) in [5.41, 5.74) is 0.634. The molecular formula is C23H24ClF5N2O. The van der Waals surface area contributed by atoms with Gasteiger partial charge in [0.1, 0.15) is 0 Å².